The van der Waals surface area contributed by atoms with Crippen LogP contribution in [0.5, 0.6) is 0 Å². The van der Waals surface area contributed by atoms with E-state index in [1.807, 2.05) is 0 Å². The Morgan fingerprint density at radius 2 is 1.62 bits per heavy atom. The molecule has 1 aliphatic carbocycles. The van der Waals surface area contributed by atoms with Gasteiger partial charge in [-0.15, -0.1) is 0 Å². The van der Waals surface area contributed by atoms with Gasteiger partial charge in [0.25, 0.3) is 0 Å². The average molecular weight is 231 g/mol. The number of hydrogen-bond acceptors (Lipinski definition) is 0. The van der Waals surface area contributed by atoms with Crippen LogP contribution in [0.25, 0.3) is 0 Å². The Morgan fingerprint density at radius 3 is 1.77 bits per heavy atom. The van der Waals surface area contributed by atoms with E-state index in [2.05, 4.69) is 44.2 Å². The van der Waals surface area contributed by atoms with E-state index in [9.17, 15) is 0 Å². The Kier molecular flexibility index (Phi) is 4.42. The van der Waals surface area contributed by atoms with E-state index in [1.165, 1.54) is 0 Å². The van der Waals surface area contributed by atoms with Gasteiger partial charge in [-0.3, -0.25) is 0 Å². The van der Waals surface area contributed by atoms with Gasteiger partial charge in [-0.2, -0.15) is 0 Å². The fourth-order valence-electron chi connectivity index (χ4n) is 1.78. The molecule has 0 aromatic rings. The van der Waals surface area contributed by atoms with E-state index < -0.39 is 17.9 Å². The molecule has 1 rings (SSSR count). The van der Waals surface area contributed by atoms with Crippen molar-refractivity contribution in [1.29, 1.82) is 0 Å². The summed E-state index contributed by atoms with van der Waals surface area (Å²) in [4.78, 5) is 0. The predicted molar refractivity (Wildman–Crippen MR) is 63.3 cm³/mol. The molecule has 0 unspecified atom stereocenters. The second-order valence-corrected chi connectivity index (χ2v) is 8.49. The van der Waals surface area contributed by atoms with Gasteiger partial charge in [0.15, 0.2) is 0 Å². The molecular weight excluding hydrogens is 208 g/mol. The topological polar surface area (TPSA) is 0 Å². The van der Waals surface area contributed by atoms with Crippen molar-refractivity contribution in [2.24, 2.45) is 5.41 Å². The van der Waals surface area contributed by atoms with Crippen LogP contribution in [0, 0.1) is 5.41 Å². The summed E-state index contributed by atoms with van der Waals surface area (Å²) in [5.41, 5.74) is 3.50. The van der Waals surface area contributed by atoms with Gasteiger partial charge in [0.1, 0.15) is 0 Å². The van der Waals surface area contributed by atoms with Gasteiger partial charge in [-0.1, -0.05) is 0 Å². The van der Waals surface area contributed by atoms with E-state index in [1.54, 1.807) is 15.0 Å². The van der Waals surface area contributed by atoms with Crippen molar-refractivity contribution in [3.05, 3.63) is 21.1 Å². The van der Waals surface area contributed by atoms with Crippen LogP contribution in [0.1, 0.15) is 27.7 Å². The number of rotatable bonds is 1. The molecule has 0 fully saturated rings. The molecule has 0 spiro atoms. The maximum absolute atomic E-state index is 2.49. The maximum Gasteiger partial charge on any atom is -0.0149 e. The van der Waals surface area contributed by atoms with E-state index in [4.69, 9.17) is 0 Å². The van der Waals surface area contributed by atoms with Gasteiger partial charge in [-0.05, 0) is 11.0 Å². The van der Waals surface area contributed by atoms with Crippen molar-refractivity contribution in [3.63, 3.8) is 0 Å². The molecule has 0 aromatic heterocycles. The number of hydrogen-bond donors (Lipinski definition) is 0. The zero-order valence-corrected chi connectivity index (χ0v) is 10.6. The van der Waals surface area contributed by atoms with Crippen LogP contribution in [-0.2, 0) is 17.9 Å². The van der Waals surface area contributed by atoms with Gasteiger partial charge < -0.3 is 0 Å². The molecule has 0 nitrogen and oxygen atoms in total. The first kappa shape index (κ1) is 13.4. The van der Waals surface area contributed by atoms with Crippen LogP contribution in [-0.4, -0.2) is 11.0 Å². The molecule has 0 heterocycles. The standard InChI is InChI=1S/C9H13.2CH3.H4Si.Ti/c1-7-5-6-9(3,4)8(7)2;;;;/h6H,1-4H3;2*1H3;1H4;. The van der Waals surface area contributed by atoms with E-state index in [0.29, 0.717) is 5.41 Å². The molecule has 75 valence electrons. The van der Waals surface area contributed by atoms with Gasteiger partial charge in [0.05, 0.1) is 0 Å². The summed E-state index contributed by atoms with van der Waals surface area (Å²) in [6.45, 7) is 9.20. The zero-order chi connectivity index (χ0) is 9.52. The van der Waals surface area contributed by atoms with E-state index >= 15 is 0 Å². The van der Waals surface area contributed by atoms with Gasteiger partial charge in [0.2, 0.25) is 0 Å². The molecule has 1 aliphatic rings. The summed E-state index contributed by atoms with van der Waals surface area (Å²) in [7, 11) is 0. The third kappa shape index (κ3) is 2.45. The Balaban J connectivity index is 0.00000144. The molecule has 0 saturated carbocycles. The van der Waals surface area contributed by atoms with Gasteiger partial charge >= 0.3 is 82.5 Å². The minimum absolute atomic E-state index is 0. The SMILES string of the molecule is CC1=C(C)C(C)(C)C=[C]1[Ti]([CH3])[CH3].[SiH4]. The molecule has 0 N–H and O–H groups in total. The van der Waals surface area contributed by atoms with E-state index in [-0.39, 0.29) is 11.0 Å². The summed E-state index contributed by atoms with van der Waals surface area (Å²) in [6.07, 6.45) is 2.49. The Bertz CT molecular complexity index is 259. The van der Waals surface area contributed by atoms with Crippen LogP contribution in [0.2, 0.25) is 10.5 Å². The van der Waals surface area contributed by atoms with Gasteiger partial charge in [0, 0.05) is 0 Å². The minimum atomic E-state index is -0.852. The quantitative estimate of drug-likeness (QED) is 0.608. The Morgan fingerprint density at radius 1 is 1.15 bits per heavy atom. The molecule has 0 aromatic carbocycles. The van der Waals surface area contributed by atoms with Crippen molar-refractivity contribution in [1.82, 2.24) is 0 Å². The summed E-state index contributed by atoms with van der Waals surface area (Å²) < 4.78 is 1.71. The summed E-state index contributed by atoms with van der Waals surface area (Å²) in [5.74, 6) is 0. The summed E-state index contributed by atoms with van der Waals surface area (Å²) in [6, 6.07) is 0. The molecule has 13 heavy (non-hydrogen) atoms. The third-order valence-corrected chi connectivity index (χ3v) is 5.47. The minimum Gasteiger partial charge on any atom is -0.0149 e. The van der Waals surface area contributed by atoms with Crippen LogP contribution in [0.3, 0.4) is 0 Å². The fraction of sp³-hybridized carbons (Fsp3) is 0.636. The smallest absolute Gasteiger partial charge is 0.0149 e. The molecule has 0 saturated heterocycles. The van der Waals surface area contributed by atoms with Crippen molar-refractivity contribution < 1.29 is 17.9 Å². The monoisotopic (exact) mass is 231 g/mol. The molecule has 0 bridgehead atoms. The van der Waals surface area contributed by atoms with Crippen molar-refractivity contribution >= 4 is 11.0 Å². The predicted octanol–water partition coefficient (Wildman–Crippen LogP) is 2.51. The molecule has 0 aliphatic heterocycles. The largest absolute Gasteiger partial charge is 0.0149 e. The van der Waals surface area contributed by atoms with Crippen molar-refractivity contribution in [3.8, 4) is 0 Å². The van der Waals surface area contributed by atoms with Crippen molar-refractivity contribution in [2.45, 2.75) is 38.2 Å². The first-order valence-corrected chi connectivity index (χ1v) is 8.48. The normalized spacial score (nSPS) is 19.7. The molecule has 2 heteroatoms. The fourth-order valence-corrected chi connectivity index (χ4v) is 4.26. The first-order valence-electron chi connectivity index (χ1n) is 4.58. The van der Waals surface area contributed by atoms with Crippen LogP contribution in [0.15, 0.2) is 21.1 Å². The third-order valence-electron chi connectivity index (χ3n) is 2.98. The summed E-state index contributed by atoms with van der Waals surface area (Å²) >= 11 is -0.852. The Labute approximate surface area is 93.4 Å². The Hall–Kier alpha value is 0.411. The maximum atomic E-state index is 2.49. The van der Waals surface area contributed by atoms with Crippen molar-refractivity contribution in [2.75, 3.05) is 0 Å². The van der Waals surface area contributed by atoms with Crippen LogP contribution < -0.4 is 0 Å². The molecule has 0 radical (unpaired) electrons. The second-order valence-electron chi connectivity index (χ2n) is 4.53. The second kappa shape index (κ2) is 4.29. The average Bonchev–Trinajstić information content (AvgIpc) is 2.14. The zero-order valence-electron chi connectivity index (χ0n) is 9.08. The van der Waals surface area contributed by atoms with Crippen LogP contribution >= 0.6 is 0 Å². The van der Waals surface area contributed by atoms with Crippen LogP contribution in [0.4, 0.5) is 0 Å². The molecule has 0 atom stereocenters. The van der Waals surface area contributed by atoms with Gasteiger partial charge in [-0.25, -0.2) is 0 Å². The number of allylic oxidation sites excluding steroid dienone is 4. The van der Waals surface area contributed by atoms with E-state index in [0.717, 1.165) is 0 Å². The summed E-state index contributed by atoms with van der Waals surface area (Å²) in [5, 5.41) is 4.87. The molecule has 0 amide bonds. The molecular formula is C11H23SiTi. The first-order chi connectivity index (χ1) is 5.36.